The van der Waals surface area contributed by atoms with Gasteiger partial charge in [-0.3, -0.25) is 14.5 Å². The van der Waals surface area contributed by atoms with E-state index in [1.807, 2.05) is 35.9 Å². The SMILES string of the molecule is Cc1nccn1-c1ccc(N2CCN(C(=O)c3cc(-c4ccco4)[nH]n3)CC2)nn1. The number of anilines is 1. The summed E-state index contributed by atoms with van der Waals surface area (Å²) in [6.07, 6.45) is 5.18. The van der Waals surface area contributed by atoms with Gasteiger partial charge in [0, 0.05) is 44.6 Å². The molecule has 4 aromatic rings. The molecule has 1 saturated heterocycles. The highest BCUT2D eigenvalue weighted by Crippen LogP contribution is 2.20. The van der Waals surface area contributed by atoms with Crippen LogP contribution in [0.4, 0.5) is 5.82 Å². The van der Waals surface area contributed by atoms with Crippen LogP contribution in [-0.4, -0.2) is 66.9 Å². The number of carbonyl (C=O) groups excluding carboxylic acids is 1. The van der Waals surface area contributed by atoms with Crippen LogP contribution >= 0.6 is 0 Å². The number of aryl methyl sites for hydroxylation is 1. The predicted octanol–water partition coefficient (Wildman–Crippen LogP) is 1.92. The molecule has 1 fully saturated rings. The van der Waals surface area contributed by atoms with Crippen molar-refractivity contribution in [2.24, 2.45) is 0 Å². The molecule has 1 N–H and O–H groups in total. The topological polar surface area (TPSA) is 109 Å². The highest BCUT2D eigenvalue weighted by atomic mass is 16.3. The number of nitrogens with zero attached hydrogens (tertiary/aromatic N) is 7. The average molecular weight is 404 g/mol. The maximum atomic E-state index is 12.8. The maximum Gasteiger partial charge on any atom is 0.274 e. The number of aromatic nitrogens is 6. The van der Waals surface area contributed by atoms with Crippen LogP contribution in [0.3, 0.4) is 0 Å². The molecule has 0 spiro atoms. The van der Waals surface area contributed by atoms with E-state index in [1.165, 1.54) is 0 Å². The van der Waals surface area contributed by atoms with Crippen molar-refractivity contribution < 1.29 is 9.21 Å². The van der Waals surface area contributed by atoms with Gasteiger partial charge in [-0.1, -0.05) is 0 Å². The fraction of sp³-hybridized carbons (Fsp3) is 0.250. The van der Waals surface area contributed by atoms with Gasteiger partial charge in [-0.2, -0.15) is 5.10 Å². The molecule has 0 unspecified atom stereocenters. The van der Waals surface area contributed by atoms with Gasteiger partial charge in [0.1, 0.15) is 11.5 Å². The summed E-state index contributed by atoms with van der Waals surface area (Å²) < 4.78 is 7.22. The highest BCUT2D eigenvalue weighted by Gasteiger charge is 2.25. The number of piperazine rings is 1. The number of imidazole rings is 1. The van der Waals surface area contributed by atoms with E-state index in [-0.39, 0.29) is 5.91 Å². The minimum absolute atomic E-state index is 0.0966. The molecule has 1 aliphatic heterocycles. The first-order chi connectivity index (χ1) is 14.7. The van der Waals surface area contributed by atoms with E-state index in [9.17, 15) is 4.79 Å². The van der Waals surface area contributed by atoms with Gasteiger partial charge in [-0.25, -0.2) is 4.98 Å². The molecule has 0 saturated carbocycles. The Morgan fingerprint density at radius 3 is 2.57 bits per heavy atom. The normalized spacial score (nSPS) is 14.3. The fourth-order valence-corrected chi connectivity index (χ4v) is 3.53. The van der Waals surface area contributed by atoms with E-state index < -0.39 is 0 Å². The molecule has 4 aromatic heterocycles. The van der Waals surface area contributed by atoms with E-state index >= 15 is 0 Å². The Labute approximate surface area is 172 Å². The summed E-state index contributed by atoms with van der Waals surface area (Å²) in [6.45, 7) is 4.46. The standard InChI is InChI=1S/C20H20N8O2/c1-14-21-6-7-28(14)19-5-4-18(24-25-19)26-8-10-27(11-9-26)20(29)16-13-15(22-23-16)17-3-2-12-30-17/h2-7,12-13H,8-11H2,1H3,(H,22,23). The quantitative estimate of drug-likeness (QED) is 0.553. The molecule has 0 radical (unpaired) electrons. The zero-order chi connectivity index (χ0) is 20.5. The summed E-state index contributed by atoms with van der Waals surface area (Å²) in [4.78, 5) is 20.9. The number of hydrogen-bond donors (Lipinski definition) is 1. The number of aromatic amines is 1. The van der Waals surface area contributed by atoms with Gasteiger partial charge >= 0.3 is 0 Å². The summed E-state index contributed by atoms with van der Waals surface area (Å²) in [7, 11) is 0. The van der Waals surface area contributed by atoms with Gasteiger partial charge in [-0.05, 0) is 31.2 Å². The molecular formula is C20H20N8O2. The van der Waals surface area contributed by atoms with Gasteiger partial charge in [-0.15, -0.1) is 10.2 Å². The van der Waals surface area contributed by atoms with Crippen LogP contribution in [0.15, 0.2) is 53.4 Å². The molecule has 152 valence electrons. The Hall–Kier alpha value is -3.95. The van der Waals surface area contributed by atoms with Crippen molar-refractivity contribution in [1.82, 2.24) is 34.8 Å². The Morgan fingerprint density at radius 1 is 1.10 bits per heavy atom. The van der Waals surface area contributed by atoms with Gasteiger partial charge < -0.3 is 14.2 Å². The lowest BCUT2D eigenvalue weighted by Crippen LogP contribution is -2.49. The molecule has 10 nitrogen and oxygen atoms in total. The van der Waals surface area contributed by atoms with E-state index in [4.69, 9.17) is 4.42 Å². The van der Waals surface area contributed by atoms with E-state index in [0.717, 1.165) is 17.5 Å². The van der Waals surface area contributed by atoms with Gasteiger partial charge in [0.05, 0.1) is 6.26 Å². The lowest BCUT2D eigenvalue weighted by Gasteiger charge is -2.34. The third-order valence-corrected chi connectivity index (χ3v) is 5.18. The summed E-state index contributed by atoms with van der Waals surface area (Å²) in [6, 6.07) is 9.21. The van der Waals surface area contributed by atoms with Crippen molar-refractivity contribution in [3.05, 3.63) is 60.5 Å². The minimum Gasteiger partial charge on any atom is -0.463 e. The second-order valence-electron chi connectivity index (χ2n) is 7.02. The van der Waals surface area contributed by atoms with Crippen LogP contribution in [0.25, 0.3) is 17.3 Å². The molecule has 1 amide bonds. The van der Waals surface area contributed by atoms with Crippen molar-refractivity contribution in [3.8, 4) is 17.3 Å². The molecule has 5 heterocycles. The second kappa shape index (κ2) is 7.47. The Bertz CT molecular complexity index is 1140. The molecule has 0 bridgehead atoms. The number of H-pyrrole nitrogens is 1. The summed E-state index contributed by atoms with van der Waals surface area (Å²) >= 11 is 0. The largest absolute Gasteiger partial charge is 0.463 e. The van der Waals surface area contributed by atoms with Crippen LogP contribution in [0, 0.1) is 6.92 Å². The second-order valence-corrected chi connectivity index (χ2v) is 7.02. The summed E-state index contributed by atoms with van der Waals surface area (Å²) in [5.41, 5.74) is 1.07. The van der Waals surface area contributed by atoms with Crippen LogP contribution in [0.5, 0.6) is 0 Å². The molecule has 5 rings (SSSR count). The molecular weight excluding hydrogens is 384 g/mol. The van der Waals surface area contributed by atoms with Gasteiger partial charge in [0.25, 0.3) is 5.91 Å². The van der Waals surface area contributed by atoms with Crippen LogP contribution < -0.4 is 4.90 Å². The third-order valence-electron chi connectivity index (χ3n) is 5.18. The number of amides is 1. The predicted molar refractivity (Wildman–Crippen MR) is 108 cm³/mol. The Morgan fingerprint density at radius 2 is 1.90 bits per heavy atom. The summed E-state index contributed by atoms with van der Waals surface area (Å²) in [5.74, 6) is 2.94. The number of nitrogens with one attached hydrogen (secondary N) is 1. The Kier molecular flexibility index (Phi) is 4.51. The third kappa shape index (κ3) is 3.32. The first-order valence-electron chi connectivity index (χ1n) is 9.66. The zero-order valence-electron chi connectivity index (χ0n) is 16.4. The van der Waals surface area contributed by atoms with Crippen molar-refractivity contribution in [1.29, 1.82) is 0 Å². The van der Waals surface area contributed by atoms with E-state index in [1.54, 1.807) is 29.5 Å². The van der Waals surface area contributed by atoms with Gasteiger partial charge in [0.15, 0.2) is 23.1 Å². The van der Waals surface area contributed by atoms with Crippen molar-refractivity contribution >= 4 is 11.7 Å². The van der Waals surface area contributed by atoms with Crippen molar-refractivity contribution in [3.63, 3.8) is 0 Å². The zero-order valence-corrected chi connectivity index (χ0v) is 16.4. The summed E-state index contributed by atoms with van der Waals surface area (Å²) in [5, 5.41) is 15.7. The monoisotopic (exact) mass is 404 g/mol. The fourth-order valence-electron chi connectivity index (χ4n) is 3.53. The minimum atomic E-state index is -0.0966. The van der Waals surface area contributed by atoms with Crippen molar-refractivity contribution in [2.45, 2.75) is 6.92 Å². The van der Waals surface area contributed by atoms with Gasteiger partial charge in [0.2, 0.25) is 0 Å². The first kappa shape index (κ1) is 18.1. The molecule has 10 heteroatoms. The van der Waals surface area contributed by atoms with Crippen LogP contribution in [-0.2, 0) is 0 Å². The number of furan rings is 1. The molecule has 0 aliphatic carbocycles. The lowest BCUT2D eigenvalue weighted by atomic mass is 10.2. The first-order valence-corrected chi connectivity index (χ1v) is 9.66. The molecule has 0 aromatic carbocycles. The maximum absolute atomic E-state index is 12.8. The Balaban J connectivity index is 1.22. The number of rotatable bonds is 4. The number of carbonyl (C=O) groups is 1. The molecule has 1 aliphatic rings. The average Bonchev–Trinajstić information content (AvgIpc) is 3.55. The lowest BCUT2D eigenvalue weighted by molar-refractivity contribution is 0.0740. The van der Waals surface area contributed by atoms with Crippen LogP contribution in [0.2, 0.25) is 0 Å². The highest BCUT2D eigenvalue weighted by molar-refractivity contribution is 5.93. The molecule has 30 heavy (non-hydrogen) atoms. The van der Waals surface area contributed by atoms with Crippen LogP contribution in [0.1, 0.15) is 16.3 Å². The van der Waals surface area contributed by atoms with Crippen molar-refractivity contribution in [2.75, 3.05) is 31.1 Å². The van der Waals surface area contributed by atoms with E-state index in [2.05, 4.69) is 30.3 Å². The van der Waals surface area contributed by atoms with E-state index in [0.29, 0.717) is 43.3 Å². The number of hydrogen-bond acceptors (Lipinski definition) is 7. The smallest absolute Gasteiger partial charge is 0.274 e. The molecule has 0 atom stereocenters.